The first kappa shape index (κ1) is 20.4. The molecule has 0 saturated carbocycles. The highest BCUT2D eigenvalue weighted by molar-refractivity contribution is 8.03. The number of hydrogen-bond donors (Lipinski definition) is 3. The zero-order valence-corrected chi connectivity index (χ0v) is 16.6. The van der Waals surface area contributed by atoms with Crippen molar-refractivity contribution >= 4 is 17.5 Å². The third-order valence-corrected chi connectivity index (χ3v) is 5.22. The maximum absolute atomic E-state index is 10.1. The largest absolute Gasteiger partial charge is 0.493 e. The molecule has 3 N–H and O–H groups in total. The number of methoxy groups -OCH3 is 2. The smallest absolute Gasteiger partial charge is 0.161 e. The van der Waals surface area contributed by atoms with E-state index >= 15 is 0 Å². The number of aliphatic hydroxyl groups excluding tert-OH is 1. The van der Waals surface area contributed by atoms with Crippen LogP contribution in [0.5, 0.6) is 11.5 Å². The summed E-state index contributed by atoms with van der Waals surface area (Å²) < 4.78 is 10.8. The number of ether oxygens (including phenoxy) is 2. The predicted octanol–water partition coefficient (Wildman–Crippen LogP) is 2.13. The molecule has 1 aromatic rings. The van der Waals surface area contributed by atoms with Gasteiger partial charge >= 0.3 is 0 Å². The third-order valence-electron chi connectivity index (χ3n) is 4.09. The number of nitrogens with one attached hydrogen (secondary N) is 2. The standard InChI is InChI=1S/C19H27N3O3S/c1-12(2)22-10-14(23)11-26-18(9-20)19-15-8-17(25-4)16(24-3)7-13(15)5-6-21-19/h7-8,12,14,21-23H,5-6,10-11H2,1-4H3. The van der Waals surface area contributed by atoms with Crippen LogP contribution in [0.3, 0.4) is 0 Å². The minimum absolute atomic E-state index is 0.317. The summed E-state index contributed by atoms with van der Waals surface area (Å²) in [7, 11) is 3.22. The fourth-order valence-corrected chi connectivity index (χ4v) is 3.62. The Kier molecular flexibility index (Phi) is 7.64. The average Bonchev–Trinajstić information content (AvgIpc) is 2.65. The van der Waals surface area contributed by atoms with Gasteiger partial charge in [-0.2, -0.15) is 5.26 Å². The average molecular weight is 378 g/mol. The van der Waals surface area contributed by atoms with Crippen LogP contribution in [0, 0.1) is 11.3 Å². The van der Waals surface area contributed by atoms with Crippen molar-refractivity contribution in [1.29, 1.82) is 5.26 Å². The number of rotatable bonds is 8. The van der Waals surface area contributed by atoms with Gasteiger partial charge in [-0.3, -0.25) is 0 Å². The molecule has 7 heteroatoms. The normalized spacial score (nSPS) is 16.3. The Morgan fingerprint density at radius 2 is 2.04 bits per heavy atom. The van der Waals surface area contributed by atoms with Crippen molar-refractivity contribution in [2.45, 2.75) is 32.4 Å². The van der Waals surface area contributed by atoms with E-state index in [-0.39, 0.29) is 0 Å². The molecular formula is C19H27N3O3S. The fourth-order valence-electron chi connectivity index (χ4n) is 2.75. The summed E-state index contributed by atoms with van der Waals surface area (Å²) >= 11 is 1.37. The number of thioether (sulfide) groups is 1. The van der Waals surface area contributed by atoms with Crippen molar-refractivity contribution < 1.29 is 14.6 Å². The van der Waals surface area contributed by atoms with E-state index in [9.17, 15) is 10.4 Å². The quantitative estimate of drug-likeness (QED) is 0.598. The highest BCUT2D eigenvalue weighted by Gasteiger charge is 2.21. The molecule has 0 saturated heterocycles. The minimum Gasteiger partial charge on any atom is -0.493 e. The van der Waals surface area contributed by atoms with Crippen molar-refractivity contribution in [1.82, 2.24) is 10.6 Å². The van der Waals surface area contributed by atoms with Crippen molar-refractivity contribution in [2.24, 2.45) is 0 Å². The van der Waals surface area contributed by atoms with Crippen LogP contribution in [0.25, 0.3) is 5.70 Å². The topological polar surface area (TPSA) is 86.5 Å². The maximum atomic E-state index is 10.1. The van der Waals surface area contributed by atoms with Gasteiger partial charge in [-0.1, -0.05) is 13.8 Å². The van der Waals surface area contributed by atoms with Crippen LogP contribution in [0.2, 0.25) is 0 Å². The predicted molar refractivity (Wildman–Crippen MR) is 105 cm³/mol. The molecular weight excluding hydrogens is 350 g/mol. The molecule has 0 fully saturated rings. The summed E-state index contributed by atoms with van der Waals surface area (Å²) in [4.78, 5) is 0.571. The van der Waals surface area contributed by atoms with E-state index < -0.39 is 6.10 Å². The number of fused-ring (bicyclic) bond motifs is 1. The van der Waals surface area contributed by atoms with Gasteiger partial charge in [0.05, 0.1) is 26.0 Å². The van der Waals surface area contributed by atoms with Gasteiger partial charge in [-0.05, 0) is 24.1 Å². The highest BCUT2D eigenvalue weighted by atomic mass is 32.2. The zero-order chi connectivity index (χ0) is 19.1. The van der Waals surface area contributed by atoms with Crippen LogP contribution >= 0.6 is 11.8 Å². The molecule has 0 spiro atoms. The molecule has 0 bridgehead atoms. The Bertz CT molecular complexity index is 698. The molecule has 2 rings (SSSR count). The van der Waals surface area contributed by atoms with E-state index in [2.05, 4.69) is 16.7 Å². The molecule has 1 unspecified atom stereocenters. The molecule has 1 aliphatic rings. The molecule has 0 radical (unpaired) electrons. The van der Waals surface area contributed by atoms with E-state index in [1.54, 1.807) is 14.2 Å². The van der Waals surface area contributed by atoms with Crippen LogP contribution in [0.15, 0.2) is 17.0 Å². The fraction of sp³-hybridized carbons (Fsp3) is 0.526. The lowest BCUT2D eigenvalue weighted by Gasteiger charge is -2.24. The maximum Gasteiger partial charge on any atom is 0.161 e. The molecule has 1 heterocycles. The Morgan fingerprint density at radius 1 is 1.35 bits per heavy atom. The van der Waals surface area contributed by atoms with Gasteiger partial charge in [0.1, 0.15) is 11.0 Å². The lowest BCUT2D eigenvalue weighted by Crippen LogP contribution is -2.33. The van der Waals surface area contributed by atoms with Gasteiger partial charge in [0, 0.05) is 30.4 Å². The Balaban J connectivity index is 2.24. The number of nitrogens with zero attached hydrogens (tertiary/aromatic N) is 1. The summed E-state index contributed by atoms with van der Waals surface area (Å²) in [6, 6.07) is 6.47. The lowest BCUT2D eigenvalue weighted by molar-refractivity contribution is 0.192. The molecule has 1 atom stereocenters. The number of aliphatic hydroxyl groups is 1. The molecule has 1 aliphatic heterocycles. The SMILES string of the molecule is COc1cc2c(cc1OC)C(=C(C#N)SCC(O)CNC(C)C)NCC2. The number of allylic oxidation sites excluding steroid dienone is 1. The van der Waals surface area contributed by atoms with Crippen molar-refractivity contribution in [3.8, 4) is 17.6 Å². The second-order valence-electron chi connectivity index (χ2n) is 6.38. The second kappa shape index (κ2) is 9.72. The van der Waals surface area contributed by atoms with Crippen molar-refractivity contribution in [2.75, 3.05) is 33.1 Å². The first-order valence-electron chi connectivity index (χ1n) is 8.67. The van der Waals surface area contributed by atoms with E-state index in [0.29, 0.717) is 34.7 Å². The van der Waals surface area contributed by atoms with Gasteiger partial charge in [0.25, 0.3) is 0 Å². The Labute approximate surface area is 159 Å². The second-order valence-corrected chi connectivity index (χ2v) is 7.42. The van der Waals surface area contributed by atoms with Crippen LogP contribution in [0.1, 0.15) is 25.0 Å². The summed E-state index contributed by atoms with van der Waals surface area (Å²) in [5.41, 5.74) is 2.86. The van der Waals surface area contributed by atoms with E-state index in [1.807, 2.05) is 26.0 Å². The monoisotopic (exact) mass is 377 g/mol. The van der Waals surface area contributed by atoms with E-state index in [0.717, 1.165) is 29.8 Å². The highest BCUT2D eigenvalue weighted by Crippen LogP contribution is 2.37. The first-order chi connectivity index (χ1) is 12.5. The summed E-state index contributed by atoms with van der Waals surface area (Å²) in [5.74, 6) is 1.78. The third kappa shape index (κ3) is 5.07. The minimum atomic E-state index is -0.514. The zero-order valence-electron chi connectivity index (χ0n) is 15.8. The number of benzene rings is 1. The molecule has 0 amide bonds. The summed E-state index contributed by atoms with van der Waals surface area (Å²) in [6.07, 6.45) is 0.337. The first-order valence-corrected chi connectivity index (χ1v) is 9.66. The molecule has 0 aromatic heterocycles. The van der Waals surface area contributed by atoms with Crippen LogP contribution in [0.4, 0.5) is 0 Å². The van der Waals surface area contributed by atoms with Gasteiger partial charge in [-0.15, -0.1) is 11.8 Å². The Morgan fingerprint density at radius 3 is 2.65 bits per heavy atom. The van der Waals surface area contributed by atoms with Gasteiger partial charge in [-0.25, -0.2) is 0 Å². The summed E-state index contributed by atoms with van der Waals surface area (Å²) in [6.45, 7) is 5.33. The van der Waals surface area contributed by atoms with Gasteiger partial charge in [0.2, 0.25) is 0 Å². The summed E-state index contributed by atoms with van der Waals surface area (Å²) in [5, 5.41) is 26.3. The van der Waals surface area contributed by atoms with E-state index in [4.69, 9.17) is 9.47 Å². The van der Waals surface area contributed by atoms with Crippen LogP contribution < -0.4 is 20.1 Å². The molecule has 26 heavy (non-hydrogen) atoms. The molecule has 1 aromatic carbocycles. The van der Waals surface area contributed by atoms with Crippen molar-refractivity contribution in [3.05, 3.63) is 28.2 Å². The van der Waals surface area contributed by atoms with Crippen LogP contribution in [-0.4, -0.2) is 50.3 Å². The van der Waals surface area contributed by atoms with E-state index in [1.165, 1.54) is 11.8 Å². The molecule has 0 aliphatic carbocycles. The molecule has 142 valence electrons. The van der Waals surface area contributed by atoms with Gasteiger partial charge < -0.3 is 25.2 Å². The molecule has 6 nitrogen and oxygen atoms in total. The number of hydrogen-bond acceptors (Lipinski definition) is 7. The van der Waals surface area contributed by atoms with Crippen LogP contribution in [-0.2, 0) is 6.42 Å². The Hall–Kier alpha value is -1.88. The lowest BCUT2D eigenvalue weighted by atomic mass is 9.97. The van der Waals surface area contributed by atoms with Gasteiger partial charge in [0.15, 0.2) is 11.5 Å². The number of nitriles is 1. The van der Waals surface area contributed by atoms with Crippen molar-refractivity contribution in [3.63, 3.8) is 0 Å².